The van der Waals surface area contributed by atoms with Crippen molar-refractivity contribution in [3.8, 4) is 5.75 Å². The average Bonchev–Trinajstić information content (AvgIpc) is 2.78. The standard InChI is InChI=1S/C26H31NO6/c1-14-12-19-23(24(29)20(14)25(30)32-3)22(16-8-7-9-17(28)13-16)21(15(2)27-19)26(31)33-18-10-5-4-6-11-18/h7-9,13-14,18,20,22,27-28H,4-6,10-12H2,1-3H3/t14-,20-,22-/m1/s1. The van der Waals surface area contributed by atoms with E-state index in [0.29, 0.717) is 34.5 Å². The normalized spacial score (nSPS) is 25.9. The maximum atomic E-state index is 13.7. The van der Waals surface area contributed by atoms with Gasteiger partial charge in [-0.25, -0.2) is 4.79 Å². The zero-order valence-electron chi connectivity index (χ0n) is 19.3. The number of hydrogen-bond acceptors (Lipinski definition) is 7. The third kappa shape index (κ3) is 4.41. The number of phenolic OH excluding ortho intramolecular Hbond substituents is 1. The first-order valence-corrected chi connectivity index (χ1v) is 11.6. The fourth-order valence-corrected chi connectivity index (χ4v) is 5.39. The molecule has 2 aliphatic carbocycles. The Morgan fingerprint density at radius 1 is 1.15 bits per heavy atom. The number of carbonyl (C=O) groups is 3. The molecule has 0 spiro atoms. The van der Waals surface area contributed by atoms with Crippen molar-refractivity contribution in [2.24, 2.45) is 11.8 Å². The first-order chi connectivity index (χ1) is 15.8. The summed E-state index contributed by atoms with van der Waals surface area (Å²) in [6, 6.07) is 6.55. The monoisotopic (exact) mass is 453 g/mol. The quantitative estimate of drug-likeness (QED) is 0.527. The lowest BCUT2D eigenvalue weighted by atomic mass is 9.69. The Bertz CT molecular complexity index is 1030. The second-order valence-corrected chi connectivity index (χ2v) is 9.30. The summed E-state index contributed by atoms with van der Waals surface area (Å²) >= 11 is 0. The van der Waals surface area contributed by atoms with E-state index in [0.717, 1.165) is 32.1 Å². The minimum Gasteiger partial charge on any atom is -0.508 e. The number of hydrogen-bond donors (Lipinski definition) is 2. The van der Waals surface area contributed by atoms with Gasteiger partial charge < -0.3 is 19.9 Å². The predicted molar refractivity (Wildman–Crippen MR) is 121 cm³/mol. The minimum atomic E-state index is -0.940. The highest BCUT2D eigenvalue weighted by Crippen LogP contribution is 2.46. The van der Waals surface area contributed by atoms with E-state index in [2.05, 4.69) is 5.32 Å². The fraction of sp³-hybridized carbons (Fsp3) is 0.500. The molecule has 1 heterocycles. The van der Waals surface area contributed by atoms with Crippen LogP contribution >= 0.6 is 0 Å². The summed E-state index contributed by atoms with van der Waals surface area (Å²) in [6.07, 6.45) is 5.18. The molecule has 0 saturated heterocycles. The van der Waals surface area contributed by atoms with Gasteiger partial charge in [-0.15, -0.1) is 0 Å². The lowest BCUT2D eigenvalue weighted by Gasteiger charge is -2.38. The molecule has 2 N–H and O–H groups in total. The number of Topliss-reactive ketones (excluding diaryl/α,β-unsaturated/α-hetero) is 1. The van der Waals surface area contributed by atoms with E-state index in [4.69, 9.17) is 9.47 Å². The van der Waals surface area contributed by atoms with Gasteiger partial charge in [-0.3, -0.25) is 9.59 Å². The van der Waals surface area contributed by atoms with Crippen LogP contribution in [0.3, 0.4) is 0 Å². The predicted octanol–water partition coefficient (Wildman–Crippen LogP) is 3.88. The van der Waals surface area contributed by atoms with Crippen LogP contribution in [0.25, 0.3) is 0 Å². The first-order valence-electron chi connectivity index (χ1n) is 11.6. The molecule has 0 unspecified atom stereocenters. The number of rotatable bonds is 4. The van der Waals surface area contributed by atoms with Gasteiger partial charge in [0.25, 0.3) is 0 Å². The van der Waals surface area contributed by atoms with E-state index >= 15 is 0 Å². The maximum Gasteiger partial charge on any atom is 0.337 e. The van der Waals surface area contributed by atoms with E-state index in [9.17, 15) is 19.5 Å². The van der Waals surface area contributed by atoms with E-state index < -0.39 is 23.8 Å². The number of nitrogens with one attached hydrogen (secondary N) is 1. The molecule has 0 amide bonds. The number of esters is 2. The molecule has 3 aliphatic rings. The SMILES string of the molecule is COC(=O)[C@H]1C(=O)C2=C(C[C@H]1C)NC(C)=C(C(=O)OC1CCCCC1)[C@H]2c1cccc(O)c1. The minimum absolute atomic E-state index is 0.0342. The Balaban J connectivity index is 1.78. The molecule has 1 fully saturated rings. The van der Waals surface area contributed by atoms with Gasteiger partial charge in [0.2, 0.25) is 0 Å². The second-order valence-electron chi connectivity index (χ2n) is 9.30. The topological polar surface area (TPSA) is 102 Å². The number of methoxy groups -OCH3 is 1. The highest BCUT2D eigenvalue weighted by atomic mass is 16.5. The Morgan fingerprint density at radius 2 is 1.88 bits per heavy atom. The number of ketones is 1. The van der Waals surface area contributed by atoms with Crippen molar-refractivity contribution in [1.29, 1.82) is 0 Å². The lowest BCUT2D eigenvalue weighted by Crippen LogP contribution is -2.43. The van der Waals surface area contributed by atoms with Crippen LogP contribution in [0.1, 0.15) is 63.9 Å². The van der Waals surface area contributed by atoms with Crippen molar-refractivity contribution in [3.63, 3.8) is 0 Å². The van der Waals surface area contributed by atoms with Crippen molar-refractivity contribution in [2.75, 3.05) is 7.11 Å². The van der Waals surface area contributed by atoms with Gasteiger partial charge in [-0.05, 0) is 62.6 Å². The number of phenols is 1. The summed E-state index contributed by atoms with van der Waals surface area (Å²) in [7, 11) is 1.27. The van der Waals surface area contributed by atoms with Gasteiger partial charge in [0.15, 0.2) is 5.78 Å². The second kappa shape index (κ2) is 9.41. The summed E-state index contributed by atoms with van der Waals surface area (Å²) < 4.78 is 10.8. The van der Waals surface area contributed by atoms with Crippen LogP contribution in [-0.2, 0) is 23.9 Å². The first kappa shape index (κ1) is 23.1. The van der Waals surface area contributed by atoms with E-state index in [1.54, 1.807) is 31.2 Å². The highest BCUT2D eigenvalue weighted by Gasteiger charge is 2.47. The summed E-state index contributed by atoms with van der Waals surface area (Å²) in [6.45, 7) is 3.65. The third-order valence-electron chi connectivity index (χ3n) is 6.99. The molecule has 4 rings (SSSR count). The summed E-state index contributed by atoms with van der Waals surface area (Å²) in [5, 5.41) is 13.4. The molecule has 0 radical (unpaired) electrons. The lowest BCUT2D eigenvalue weighted by molar-refractivity contribution is -0.151. The molecule has 0 bridgehead atoms. The number of allylic oxidation sites excluding steroid dienone is 3. The Hall–Kier alpha value is -3.09. The molecule has 1 saturated carbocycles. The van der Waals surface area contributed by atoms with Gasteiger partial charge in [-0.2, -0.15) is 0 Å². The molecule has 7 heteroatoms. The number of aromatic hydroxyl groups is 1. The largest absolute Gasteiger partial charge is 0.508 e. The zero-order chi connectivity index (χ0) is 23.7. The molecular weight excluding hydrogens is 422 g/mol. The molecule has 3 atom stereocenters. The Morgan fingerprint density at radius 3 is 2.55 bits per heavy atom. The number of dihydropyridines is 1. The van der Waals surface area contributed by atoms with Crippen LogP contribution in [0, 0.1) is 11.8 Å². The molecular formula is C26H31NO6. The van der Waals surface area contributed by atoms with Crippen molar-refractivity contribution in [2.45, 2.75) is 64.4 Å². The van der Waals surface area contributed by atoms with Crippen LogP contribution in [0.15, 0.2) is 46.8 Å². The zero-order valence-corrected chi connectivity index (χ0v) is 19.3. The van der Waals surface area contributed by atoms with Crippen LogP contribution in [0.2, 0.25) is 0 Å². The number of ether oxygens (including phenoxy) is 2. The molecule has 0 aromatic heterocycles. The highest BCUT2D eigenvalue weighted by molar-refractivity contribution is 6.12. The van der Waals surface area contributed by atoms with E-state index in [1.165, 1.54) is 7.11 Å². The maximum absolute atomic E-state index is 13.7. The van der Waals surface area contributed by atoms with Crippen LogP contribution in [0.4, 0.5) is 0 Å². The smallest absolute Gasteiger partial charge is 0.337 e. The van der Waals surface area contributed by atoms with Crippen molar-refractivity contribution >= 4 is 17.7 Å². The number of benzene rings is 1. The van der Waals surface area contributed by atoms with Crippen molar-refractivity contribution in [3.05, 3.63) is 52.4 Å². The molecule has 1 aliphatic heterocycles. The van der Waals surface area contributed by atoms with Gasteiger partial charge in [0, 0.05) is 22.9 Å². The average molecular weight is 454 g/mol. The van der Waals surface area contributed by atoms with Gasteiger partial charge >= 0.3 is 11.9 Å². The van der Waals surface area contributed by atoms with Crippen molar-refractivity contribution < 1.29 is 29.0 Å². The van der Waals surface area contributed by atoms with Gasteiger partial charge in [0.05, 0.1) is 12.7 Å². The van der Waals surface area contributed by atoms with Gasteiger partial charge in [0.1, 0.15) is 17.8 Å². The molecule has 1 aromatic rings. The van der Waals surface area contributed by atoms with E-state index in [1.807, 2.05) is 6.92 Å². The van der Waals surface area contributed by atoms with Crippen molar-refractivity contribution in [1.82, 2.24) is 5.32 Å². The third-order valence-corrected chi connectivity index (χ3v) is 6.99. The summed E-state index contributed by atoms with van der Waals surface area (Å²) in [5.41, 5.74) is 2.64. The molecule has 7 nitrogen and oxygen atoms in total. The summed E-state index contributed by atoms with van der Waals surface area (Å²) in [4.78, 5) is 39.6. The fourth-order valence-electron chi connectivity index (χ4n) is 5.39. The Labute approximate surface area is 193 Å². The van der Waals surface area contributed by atoms with Crippen LogP contribution in [0.5, 0.6) is 5.75 Å². The Kier molecular flexibility index (Phi) is 6.58. The number of carbonyl (C=O) groups excluding carboxylic acids is 3. The summed E-state index contributed by atoms with van der Waals surface area (Å²) in [5.74, 6) is -3.29. The van der Waals surface area contributed by atoms with Crippen LogP contribution in [-0.4, -0.2) is 36.0 Å². The van der Waals surface area contributed by atoms with Gasteiger partial charge in [-0.1, -0.05) is 25.5 Å². The van der Waals surface area contributed by atoms with E-state index in [-0.39, 0.29) is 23.6 Å². The molecule has 33 heavy (non-hydrogen) atoms. The molecule has 176 valence electrons. The molecule has 1 aromatic carbocycles. The van der Waals surface area contributed by atoms with Crippen LogP contribution < -0.4 is 5.32 Å².